The molecule has 0 aliphatic heterocycles. The van der Waals surface area contributed by atoms with Gasteiger partial charge in [-0.2, -0.15) is 0 Å². The van der Waals surface area contributed by atoms with E-state index < -0.39 is 0 Å². The summed E-state index contributed by atoms with van der Waals surface area (Å²) in [4.78, 5) is 10.8. The molecule has 0 aromatic heterocycles. The molecular formula is C63H132I2O2. The van der Waals surface area contributed by atoms with Crippen LogP contribution in [0.4, 0.5) is 0 Å². The summed E-state index contributed by atoms with van der Waals surface area (Å²) < 4.78 is 0. The van der Waals surface area contributed by atoms with Gasteiger partial charge in [-0.1, -0.05) is 344 Å². The molecule has 0 rings (SSSR count). The van der Waals surface area contributed by atoms with E-state index in [4.69, 9.17) is 0 Å². The highest BCUT2D eigenvalue weighted by Gasteiger charge is 2.09. The third kappa shape index (κ3) is 75.9. The van der Waals surface area contributed by atoms with Crippen LogP contribution in [0.1, 0.15) is 371 Å². The maximum atomic E-state index is 10.8. The van der Waals surface area contributed by atoms with Crippen molar-refractivity contribution in [2.45, 2.75) is 370 Å². The van der Waals surface area contributed by atoms with E-state index in [-0.39, 0.29) is 8.85 Å². The van der Waals surface area contributed by atoms with Gasteiger partial charge in [0.25, 0.3) is 0 Å². The van der Waals surface area contributed by atoms with Crippen LogP contribution in [-0.4, -0.2) is 18.0 Å². The molecule has 0 aliphatic rings. The highest BCUT2D eigenvalue weighted by molar-refractivity contribution is 15.0. The van der Waals surface area contributed by atoms with Crippen LogP contribution in [0, 0.1) is 11.8 Å². The fraction of sp³-hybridized carbons (Fsp3) is 0.952. The van der Waals surface area contributed by atoms with Crippen LogP contribution >= 0.6 is 37.2 Å². The number of carbonyl (C=O) groups excluding carboxylic acids is 1. The molecule has 2 nitrogen and oxygen atoms in total. The van der Waals surface area contributed by atoms with Crippen LogP contribution in [0.5, 0.6) is 0 Å². The molecule has 1 N–H and O–H groups in total. The maximum Gasteiger partial charge on any atom is 0.120 e. The van der Waals surface area contributed by atoms with Gasteiger partial charge in [0.15, 0.2) is 0 Å². The molecule has 0 aromatic carbocycles. The molecular weight excluding hydrogens is 1040 g/mol. The van der Waals surface area contributed by atoms with Crippen molar-refractivity contribution in [1.82, 2.24) is 0 Å². The summed E-state index contributed by atoms with van der Waals surface area (Å²) in [6, 6.07) is 0. The van der Waals surface area contributed by atoms with E-state index in [1.807, 2.05) is 0 Å². The largest absolute Gasteiger partial charge is 0.396 e. The quantitative estimate of drug-likeness (QED) is 0.0285. The molecule has 0 saturated heterocycles. The lowest BCUT2D eigenvalue weighted by Gasteiger charge is -2.15. The predicted octanol–water partition coefficient (Wildman–Crippen LogP) is 25.2. The summed E-state index contributed by atoms with van der Waals surface area (Å²) in [5.41, 5.74) is 1.51. The second-order valence-corrected chi connectivity index (χ2v) is 20.8. The second kappa shape index (κ2) is 75.8. The Hall–Kier alpha value is 0.830. The Balaban J connectivity index is -0.000000205. The summed E-state index contributed by atoms with van der Waals surface area (Å²) in [5.74, 6) is 1.46. The van der Waals surface area contributed by atoms with E-state index in [0.717, 1.165) is 25.0 Å². The second-order valence-electron chi connectivity index (χ2n) is 20.8. The predicted molar refractivity (Wildman–Crippen MR) is 331 cm³/mol. The molecule has 0 saturated carbocycles. The fourth-order valence-electron chi connectivity index (χ4n) is 9.48. The minimum absolute atomic E-state index is 0. The highest BCUT2D eigenvalue weighted by atomic mass is 128. The zero-order valence-corrected chi connectivity index (χ0v) is 50.9. The fourth-order valence-corrected chi connectivity index (χ4v) is 9.48. The topological polar surface area (TPSA) is 37.3 Å². The van der Waals surface area contributed by atoms with E-state index >= 15 is 0 Å². The van der Waals surface area contributed by atoms with Gasteiger partial charge >= 0.3 is 0 Å². The number of allylic oxidation sites excluding steroid dienone is 1. The molecule has 0 spiro atoms. The third-order valence-corrected chi connectivity index (χ3v) is 14.1. The van der Waals surface area contributed by atoms with Gasteiger partial charge in [-0.3, -0.25) is 0 Å². The first-order valence-corrected chi connectivity index (χ1v) is 36.6. The minimum atomic E-state index is 0. The first kappa shape index (κ1) is 76.7. The van der Waals surface area contributed by atoms with Gasteiger partial charge in [-0.25, -0.2) is 0 Å². The summed E-state index contributed by atoms with van der Waals surface area (Å²) in [7, 11) is 0. The maximum absolute atomic E-state index is 10.8. The Labute approximate surface area is 452 Å². The van der Waals surface area contributed by atoms with Crippen LogP contribution in [0.2, 0.25) is 0 Å². The minimum Gasteiger partial charge on any atom is -0.396 e. The van der Waals surface area contributed by atoms with Crippen molar-refractivity contribution in [1.29, 1.82) is 0 Å². The summed E-state index contributed by atoms with van der Waals surface area (Å²) in [6.45, 7) is 18.3. The summed E-state index contributed by atoms with van der Waals surface area (Å²) >= 11 is 4.24. The lowest BCUT2D eigenvalue weighted by molar-refractivity contribution is -0.108. The molecule has 410 valence electrons. The number of carbonyl (C=O) groups is 1. The van der Waals surface area contributed by atoms with Gasteiger partial charge < -0.3 is 9.90 Å². The van der Waals surface area contributed by atoms with Crippen LogP contribution < -0.4 is 0 Å². The van der Waals surface area contributed by atoms with E-state index in [1.165, 1.54) is 314 Å². The number of rotatable bonds is 52. The molecule has 67 heavy (non-hydrogen) atoms. The van der Waals surface area contributed by atoms with Crippen molar-refractivity contribution in [3.8, 4) is 0 Å². The van der Waals surface area contributed by atoms with E-state index in [0.29, 0.717) is 12.5 Å². The van der Waals surface area contributed by atoms with Gasteiger partial charge in [0.05, 0.1) is 0 Å². The molecule has 0 aliphatic carbocycles. The molecule has 0 fully saturated rings. The van der Waals surface area contributed by atoms with Gasteiger partial charge in [0.2, 0.25) is 0 Å². The monoisotopic (exact) mass is 1170 g/mol. The molecule has 2 unspecified atom stereocenters. The number of halogens is 2. The van der Waals surface area contributed by atoms with Gasteiger partial charge in [-0.05, 0) is 43.9 Å². The van der Waals surface area contributed by atoms with Crippen molar-refractivity contribution >= 4 is 43.5 Å². The first-order valence-electron chi connectivity index (χ1n) is 30.4. The molecule has 0 aromatic rings. The van der Waals surface area contributed by atoms with Crippen molar-refractivity contribution in [2.24, 2.45) is 11.8 Å². The molecule has 0 radical (unpaired) electrons. The molecule has 4 heteroatoms. The number of aliphatic hydroxyl groups excluding tert-OH is 1. The SMILES string of the molecule is C.C=C(CCCCCCCC)CCCCCCCCCC.CCCCCCCCCCC(CC=O)CCCCCCCC.CCCCCCCCCCC(CCO)CCCCCCCC.II.[HH]. The van der Waals surface area contributed by atoms with Crippen molar-refractivity contribution in [2.75, 3.05) is 6.61 Å². The average molecular weight is 1180 g/mol. The van der Waals surface area contributed by atoms with E-state index in [1.54, 1.807) is 0 Å². The molecule has 0 heterocycles. The molecule has 0 amide bonds. The van der Waals surface area contributed by atoms with Gasteiger partial charge in [-0.15, -0.1) is 0 Å². The van der Waals surface area contributed by atoms with Gasteiger partial charge in [0.1, 0.15) is 6.29 Å². The van der Waals surface area contributed by atoms with Crippen LogP contribution in [0.3, 0.4) is 0 Å². The van der Waals surface area contributed by atoms with Gasteiger partial charge in [0, 0.05) is 51.7 Å². The zero-order chi connectivity index (χ0) is 49.5. The number of aldehydes is 1. The van der Waals surface area contributed by atoms with Crippen LogP contribution in [-0.2, 0) is 4.79 Å². The zero-order valence-electron chi connectivity index (χ0n) is 46.6. The molecule has 2 atom stereocenters. The standard InChI is InChI=1S/C21H44O.C21H42O.C20H40.CH4.I2.H2/c2*1-3-5-7-9-11-12-14-16-18-21(19-20-22)17-15-13-10-8-6-4-2;1-4-6-8-10-12-13-15-17-19-20(3)18-16-14-11-9-7-5-2;;1-2;/h21-22H,3-20H2,1-2H3;20-21H,3-19H2,1-2H3;3-19H2,1-2H3;1H4;;1H. The Kier molecular flexibility index (Phi) is 86.8. The Bertz CT molecular complexity index is 825. The summed E-state index contributed by atoms with van der Waals surface area (Å²) in [5, 5.41) is 9.23. The van der Waals surface area contributed by atoms with Crippen molar-refractivity contribution in [3.05, 3.63) is 12.2 Å². The van der Waals surface area contributed by atoms with E-state index in [2.05, 4.69) is 85.4 Å². The van der Waals surface area contributed by atoms with Crippen molar-refractivity contribution < 1.29 is 11.3 Å². The lowest BCUT2D eigenvalue weighted by atomic mass is 9.92. The smallest absolute Gasteiger partial charge is 0.120 e. The Morgan fingerprint density at radius 1 is 0.373 bits per heavy atom. The third-order valence-electron chi connectivity index (χ3n) is 14.1. The number of aliphatic hydroxyl groups is 1. The average Bonchev–Trinajstić information content (AvgIpc) is 3.33. The van der Waals surface area contributed by atoms with Crippen LogP contribution in [0.15, 0.2) is 12.2 Å². The number of hydrogen-bond donors (Lipinski definition) is 1. The Morgan fingerprint density at radius 2 is 0.582 bits per heavy atom. The lowest BCUT2D eigenvalue weighted by Crippen LogP contribution is -2.03. The summed E-state index contributed by atoms with van der Waals surface area (Å²) in [6.07, 6.45) is 69.5. The van der Waals surface area contributed by atoms with E-state index in [9.17, 15) is 9.90 Å². The van der Waals surface area contributed by atoms with Crippen molar-refractivity contribution in [3.63, 3.8) is 0 Å². The number of unbranched alkanes of at least 4 members (excludes halogenated alkanes) is 36. The Morgan fingerprint density at radius 3 is 0.806 bits per heavy atom. The number of hydrogen-bond acceptors (Lipinski definition) is 2. The van der Waals surface area contributed by atoms with Crippen LogP contribution in [0.25, 0.3) is 0 Å². The highest BCUT2D eigenvalue weighted by Crippen LogP contribution is 2.24. The normalized spacial score (nSPS) is 11.6. The molecule has 0 bridgehead atoms. The first-order chi connectivity index (χ1) is 32.5.